The molecule has 1 atom stereocenters. The van der Waals surface area contributed by atoms with Crippen molar-refractivity contribution in [2.24, 2.45) is 0 Å². The Labute approximate surface area is 140 Å². The molecule has 2 saturated heterocycles. The van der Waals surface area contributed by atoms with E-state index in [-0.39, 0.29) is 17.1 Å². The Morgan fingerprint density at radius 3 is 2.46 bits per heavy atom. The summed E-state index contributed by atoms with van der Waals surface area (Å²) in [5, 5.41) is -0.0765. The molecule has 2 aliphatic rings. The van der Waals surface area contributed by atoms with Crippen molar-refractivity contribution in [2.45, 2.75) is 18.6 Å². The Balaban J connectivity index is 1.91. The minimum Gasteiger partial charge on any atom is -0.379 e. The van der Waals surface area contributed by atoms with Gasteiger partial charge in [-0.25, -0.2) is 4.90 Å². The van der Waals surface area contributed by atoms with Gasteiger partial charge in [-0.2, -0.15) is 13.2 Å². The molecule has 130 valence electrons. The minimum absolute atomic E-state index is 0.0765. The van der Waals surface area contributed by atoms with Crippen molar-refractivity contribution in [1.29, 1.82) is 0 Å². The highest BCUT2D eigenvalue weighted by Gasteiger charge is 2.44. The topological polar surface area (TPSA) is 49.9 Å². The number of hydrogen-bond acceptors (Lipinski definition) is 4. The molecule has 2 amide bonds. The summed E-state index contributed by atoms with van der Waals surface area (Å²) in [7, 11) is 0. The molecule has 1 unspecified atom stereocenters. The van der Waals surface area contributed by atoms with Gasteiger partial charge in [-0.3, -0.25) is 14.5 Å². The zero-order chi connectivity index (χ0) is 17.5. The van der Waals surface area contributed by atoms with Crippen LogP contribution in [0, 0.1) is 0 Å². The molecule has 3 rings (SSSR count). The summed E-state index contributed by atoms with van der Waals surface area (Å²) in [6.07, 6.45) is -4.67. The third kappa shape index (κ3) is 3.13. The monoisotopic (exact) mass is 362 g/mol. The fraction of sp³-hybridized carbons (Fsp3) is 0.467. The standard InChI is InChI=1S/C15H14ClF3N2O3/c16-10-2-1-9(15(17,18)19)7-11(10)21-13(22)8-12(14(21)23)20-3-5-24-6-4-20/h1-2,7,12H,3-6,8H2. The number of ether oxygens (including phenoxy) is 1. The Morgan fingerprint density at radius 1 is 1.17 bits per heavy atom. The largest absolute Gasteiger partial charge is 0.416 e. The van der Waals surface area contributed by atoms with Crippen LogP contribution in [0.4, 0.5) is 18.9 Å². The third-order valence-electron chi connectivity index (χ3n) is 4.12. The summed E-state index contributed by atoms with van der Waals surface area (Å²) >= 11 is 5.94. The third-order valence-corrected chi connectivity index (χ3v) is 4.44. The van der Waals surface area contributed by atoms with Crippen LogP contribution in [0.3, 0.4) is 0 Å². The number of anilines is 1. The first-order valence-corrected chi connectivity index (χ1v) is 7.72. The average Bonchev–Trinajstić information content (AvgIpc) is 2.83. The Kier molecular flexibility index (Phi) is 4.54. The average molecular weight is 363 g/mol. The minimum atomic E-state index is -4.59. The second-order valence-electron chi connectivity index (χ2n) is 5.60. The predicted molar refractivity (Wildman–Crippen MR) is 79.7 cm³/mol. The van der Waals surface area contributed by atoms with E-state index in [0.29, 0.717) is 26.3 Å². The van der Waals surface area contributed by atoms with Crippen molar-refractivity contribution in [1.82, 2.24) is 4.90 Å². The van der Waals surface area contributed by atoms with Gasteiger partial charge in [-0.15, -0.1) is 0 Å². The zero-order valence-electron chi connectivity index (χ0n) is 12.5. The maximum atomic E-state index is 12.9. The van der Waals surface area contributed by atoms with E-state index in [0.717, 1.165) is 23.1 Å². The number of carbonyl (C=O) groups excluding carboxylic acids is 2. The fourth-order valence-corrected chi connectivity index (χ4v) is 3.11. The number of rotatable bonds is 2. The van der Waals surface area contributed by atoms with E-state index in [2.05, 4.69) is 0 Å². The summed E-state index contributed by atoms with van der Waals surface area (Å²) in [4.78, 5) is 27.4. The molecule has 0 aliphatic carbocycles. The maximum Gasteiger partial charge on any atom is 0.416 e. The number of halogens is 4. The first kappa shape index (κ1) is 17.2. The van der Waals surface area contributed by atoms with Crippen LogP contribution in [0.25, 0.3) is 0 Å². The molecule has 0 N–H and O–H groups in total. The summed E-state index contributed by atoms with van der Waals surface area (Å²) in [6, 6.07) is 1.91. The van der Waals surface area contributed by atoms with Crippen LogP contribution in [0.2, 0.25) is 5.02 Å². The molecular weight excluding hydrogens is 349 g/mol. The highest BCUT2D eigenvalue weighted by Crippen LogP contribution is 2.37. The van der Waals surface area contributed by atoms with Crippen LogP contribution in [0.5, 0.6) is 0 Å². The number of morpholine rings is 1. The van der Waals surface area contributed by atoms with E-state index < -0.39 is 29.6 Å². The molecule has 0 bridgehead atoms. The summed E-state index contributed by atoms with van der Waals surface area (Å²) in [6.45, 7) is 1.88. The molecule has 0 saturated carbocycles. The molecule has 0 radical (unpaired) electrons. The first-order chi connectivity index (χ1) is 11.3. The van der Waals surface area contributed by atoms with Crippen LogP contribution in [-0.2, 0) is 20.5 Å². The Bertz CT molecular complexity index is 674. The van der Waals surface area contributed by atoms with Gasteiger partial charge in [0.1, 0.15) is 0 Å². The van der Waals surface area contributed by atoms with Gasteiger partial charge in [0.25, 0.3) is 5.91 Å². The lowest BCUT2D eigenvalue weighted by Crippen LogP contribution is -2.47. The fourth-order valence-electron chi connectivity index (χ4n) is 2.90. The predicted octanol–water partition coefficient (Wildman–Crippen LogP) is 2.32. The van der Waals surface area contributed by atoms with Gasteiger partial charge in [-0.05, 0) is 18.2 Å². The molecular formula is C15H14ClF3N2O3. The lowest BCUT2D eigenvalue weighted by Gasteiger charge is -2.30. The van der Waals surface area contributed by atoms with Gasteiger partial charge in [0.05, 0.1) is 41.9 Å². The van der Waals surface area contributed by atoms with Crippen LogP contribution in [0.15, 0.2) is 18.2 Å². The van der Waals surface area contributed by atoms with Crippen LogP contribution < -0.4 is 4.90 Å². The van der Waals surface area contributed by atoms with Gasteiger partial charge < -0.3 is 4.74 Å². The van der Waals surface area contributed by atoms with E-state index in [9.17, 15) is 22.8 Å². The normalized spacial score (nSPS) is 23.2. The van der Waals surface area contributed by atoms with Crippen molar-refractivity contribution in [2.75, 3.05) is 31.2 Å². The second-order valence-corrected chi connectivity index (χ2v) is 6.01. The highest BCUT2D eigenvalue weighted by atomic mass is 35.5. The Morgan fingerprint density at radius 2 is 1.83 bits per heavy atom. The van der Waals surface area contributed by atoms with Crippen molar-refractivity contribution in [3.63, 3.8) is 0 Å². The molecule has 2 heterocycles. The molecule has 1 aromatic rings. The summed E-state index contributed by atoms with van der Waals surface area (Å²) < 4.78 is 43.9. The number of benzene rings is 1. The lowest BCUT2D eigenvalue weighted by molar-refractivity contribution is -0.137. The number of alkyl halides is 3. The maximum absolute atomic E-state index is 12.9. The number of hydrogen-bond donors (Lipinski definition) is 0. The van der Waals surface area contributed by atoms with E-state index in [1.165, 1.54) is 0 Å². The van der Waals surface area contributed by atoms with Crippen molar-refractivity contribution in [3.8, 4) is 0 Å². The number of carbonyl (C=O) groups is 2. The molecule has 1 aromatic carbocycles. The molecule has 5 nitrogen and oxygen atoms in total. The highest BCUT2D eigenvalue weighted by molar-refractivity contribution is 6.36. The Hall–Kier alpha value is -1.64. The quantitative estimate of drug-likeness (QED) is 0.758. The zero-order valence-corrected chi connectivity index (χ0v) is 13.2. The molecule has 2 aliphatic heterocycles. The lowest BCUT2D eigenvalue weighted by atomic mass is 10.1. The SMILES string of the molecule is O=C1CC(N2CCOCC2)C(=O)N1c1cc(C(F)(F)F)ccc1Cl. The van der Waals surface area contributed by atoms with E-state index in [1.807, 2.05) is 4.90 Å². The van der Waals surface area contributed by atoms with Crippen LogP contribution in [0.1, 0.15) is 12.0 Å². The van der Waals surface area contributed by atoms with Crippen molar-refractivity contribution in [3.05, 3.63) is 28.8 Å². The molecule has 0 spiro atoms. The smallest absolute Gasteiger partial charge is 0.379 e. The molecule has 24 heavy (non-hydrogen) atoms. The van der Waals surface area contributed by atoms with Gasteiger partial charge in [-0.1, -0.05) is 11.6 Å². The summed E-state index contributed by atoms with van der Waals surface area (Å²) in [5.74, 6) is -1.11. The molecule has 2 fully saturated rings. The number of nitrogens with zero attached hydrogens (tertiary/aromatic N) is 2. The first-order valence-electron chi connectivity index (χ1n) is 7.34. The van der Waals surface area contributed by atoms with Crippen LogP contribution in [-0.4, -0.2) is 49.1 Å². The number of imide groups is 1. The number of amides is 2. The van der Waals surface area contributed by atoms with Crippen molar-refractivity contribution < 1.29 is 27.5 Å². The van der Waals surface area contributed by atoms with Crippen molar-refractivity contribution >= 4 is 29.1 Å². The van der Waals surface area contributed by atoms with Gasteiger partial charge in [0.15, 0.2) is 0 Å². The van der Waals surface area contributed by atoms with Crippen LogP contribution >= 0.6 is 11.6 Å². The van der Waals surface area contributed by atoms with E-state index >= 15 is 0 Å². The van der Waals surface area contributed by atoms with E-state index in [4.69, 9.17) is 16.3 Å². The molecule has 0 aromatic heterocycles. The summed E-state index contributed by atoms with van der Waals surface area (Å²) in [5.41, 5.74) is -1.19. The van der Waals surface area contributed by atoms with E-state index in [1.54, 1.807) is 0 Å². The van der Waals surface area contributed by atoms with Gasteiger partial charge >= 0.3 is 6.18 Å². The van der Waals surface area contributed by atoms with Gasteiger partial charge in [0.2, 0.25) is 5.91 Å². The second kappa shape index (κ2) is 6.34. The van der Waals surface area contributed by atoms with Gasteiger partial charge in [0, 0.05) is 13.1 Å². The molecule has 9 heteroatoms.